The van der Waals surface area contributed by atoms with Gasteiger partial charge in [0.1, 0.15) is 6.54 Å². The van der Waals surface area contributed by atoms with E-state index in [9.17, 15) is 4.79 Å². The Bertz CT molecular complexity index is 1250. The van der Waals surface area contributed by atoms with Crippen LogP contribution in [0.1, 0.15) is 29.3 Å². The molecule has 1 amide bonds. The van der Waals surface area contributed by atoms with Gasteiger partial charge in [0.25, 0.3) is 0 Å². The number of carbonyl (C=O) groups is 1. The molecule has 2 aromatic carbocycles. The van der Waals surface area contributed by atoms with E-state index in [1.54, 1.807) is 15.9 Å². The molecule has 0 spiro atoms. The summed E-state index contributed by atoms with van der Waals surface area (Å²) in [7, 11) is 0. The van der Waals surface area contributed by atoms with Crippen LogP contribution in [0.2, 0.25) is 0 Å². The standard InChI is InChI=1S/C23H23N5OS2/c1-15-6-8-16(9-7-15)21-25-26-23(30)28(21)14-20(29)27-12-10-17(11-13-27)22-24-18-4-2-3-5-19(18)31-22/h2-9,17H,10-14H2,1H3,(H,26,30). The summed E-state index contributed by atoms with van der Waals surface area (Å²) in [5.74, 6) is 1.19. The lowest BCUT2D eigenvalue weighted by molar-refractivity contribution is -0.132. The molecule has 1 aliphatic rings. The molecule has 158 valence electrons. The molecule has 1 fully saturated rings. The van der Waals surface area contributed by atoms with Crippen molar-refractivity contribution in [3.63, 3.8) is 0 Å². The van der Waals surface area contributed by atoms with E-state index < -0.39 is 0 Å². The summed E-state index contributed by atoms with van der Waals surface area (Å²) in [4.78, 5) is 19.8. The van der Waals surface area contributed by atoms with Crippen LogP contribution < -0.4 is 0 Å². The highest BCUT2D eigenvalue weighted by molar-refractivity contribution is 7.71. The first-order valence-electron chi connectivity index (χ1n) is 10.4. The van der Waals surface area contributed by atoms with Crippen molar-refractivity contribution in [2.24, 2.45) is 0 Å². The Morgan fingerprint density at radius 2 is 1.90 bits per heavy atom. The number of thiazole rings is 1. The third-order valence-corrected chi connectivity index (χ3v) is 7.38. The number of carbonyl (C=O) groups excluding carboxylic acids is 1. The molecule has 0 aliphatic carbocycles. The summed E-state index contributed by atoms with van der Waals surface area (Å²) in [6, 6.07) is 16.3. The second kappa shape index (κ2) is 8.36. The molecule has 8 heteroatoms. The number of amides is 1. The van der Waals surface area contributed by atoms with Crippen LogP contribution in [0.15, 0.2) is 48.5 Å². The van der Waals surface area contributed by atoms with Gasteiger partial charge in [0, 0.05) is 24.6 Å². The monoisotopic (exact) mass is 449 g/mol. The molecule has 6 nitrogen and oxygen atoms in total. The smallest absolute Gasteiger partial charge is 0.242 e. The molecular formula is C23H23N5OS2. The molecule has 1 saturated heterocycles. The van der Waals surface area contributed by atoms with E-state index in [1.807, 2.05) is 42.2 Å². The van der Waals surface area contributed by atoms with Crippen LogP contribution in [0.4, 0.5) is 0 Å². The number of aromatic nitrogens is 4. The Labute approximate surface area is 189 Å². The lowest BCUT2D eigenvalue weighted by atomic mass is 9.97. The number of para-hydroxylation sites is 1. The van der Waals surface area contributed by atoms with Crippen molar-refractivity contribution in [3.8, 4) is 11.4 Å². The van der Waals surface area contributed by atoms with Crippen molar-refractivity contribution in [2.45, 2.75) is 32.2 Å². The normalized spacial score (nSPS) is 14.9. The second-order valence-electron chi connectivity index (χ2n) is 7.98. The summed E-state index contributed by atoms with van der Waals surface area (Å²) in [5, 5.41) is 8.38. The van der Waals surface area contributed by atoms with Gasteiger partial charge in [-0.1, -0.05) is 42.0 Å². The van der Waals surface area contributed by atoms with Crippen molar-refractivity contribution in [1.82, 2.24) is 24.6 Å². The van der Waals surface area contributed by atoms with Gasteiger partial charge in [-0.05, 0) is 44.1 Å². The minimum Gasteiger partial charge on any atom is -0.341 e. The van der Waals surface area contributed by atoms with E-state index in [-0.39, 0.29) is 12.5 Å². The molecule has 3 heterocycles. The number of fused-ring (bicyclic) bond motifs is 1. The zero-order valence-electron chi connectivity index (χ0n) is 17.2. The van der Waals surface area contributed by atoms with Crippen LogP contribution >= 0.6 is 23.6 Å². The zero-order chi connectivity index (χ0) is 21.4. The van der Waals surface area contributed by atoms with Crippen molar-refractivity contribution < 1.29 is 4.79 Å². The van der Waals surface area contributed by atoms with Crippen molar-refractivity contribution in [2.75, 3.05) is 13.1 Å². The minimum atomic E-state index is 0.0774. The summed E-state index contributed by atoms with van der Waals surface area (Å²) in [6.07, 6.45) is 1.88. The lowest BCUT2D eigenvalue weighted by Gasteiger charge is -2.31. The van der Waals surface area contributed by atoms with Crippen LogP contribution in [0.5, 0.6) is 0 Å². The largest absolute Gasteiger partial charge is 0.341 e. The predicted molar refractivity (Wildman–Crippen MR) is 126 cm³/mol. The number of benzene rings is 2. The minimum absolute atomic E-state index is 0.0774. The van der Waals surface area contributed by atoms with Gasteiger partial charge in [-0.25, -0.2) is 4.98 Å². The van der Waals surface area contributed by atoms with Gasteiger partial charge >= 0.3 is 0 Å². The Balaban J connectivity index is 1.27. The molecule has 1 N–H and O–H groups in total. The molecule has 2 aromatic heterocycles. The SMILES string of the molecule is Cc1ccc(-c2n[nH]c(=S)n2CC(=O)N2CCC(c3nc4ccccc4s3)CC2)cc1. The lowest BCUT2D eigenvalue weighted by Crippen LogP contribution is -2.39. The number of hydrogen-bond acceptors (Lipinski definition) is 5. The third-order valence-electron chi connectivity index (χ3n) is 5.87. The predicted octanol–water partition coefficient (Wildman–Crippen LogP) is 4.93. The number of aryl methyl sites for hydroxylation is 1. The zero-order valence-corrected chi connectivity index (χ0v) is 18.9. The fourth-order valence-corrected chi connectivity index (χ4v) is 5.40. The molecule has 0 saturated carbocycles. The first kappa shape index (κ1) is 20.1. The fraction of sp³-hybridized carbons (Fsp3) is 0.304. The first-order valence-corrected chi connectivity index (χ1v) is 11.7. The van der Waals surface area contributed by atoms with Crippen molar-refractivity contribution in [1.29, 1.82) is 0 Å². The highest BCUT2D eigenvalue weighted by Gasteiger charge is 2.26. The summed E-state index contributed by atoms with van der Waals surface area (Å²) in [6.45, 7) is 3.72. The Hall–Kier alpha value is -2.84. The maximum atomic E-state index is 13.0. The van der Waals surface area contributed by atoms with Gasteiger partial charge in [-0.2, -0.15) is 5.10 Å². The van der Waals surface area contributed by atoms with E-state index in [0.29, 0.717) is 16.5 Å². The van der Waals surface area contributed by atoms with Crippen molar-refractivity contribution >= 4 is 39.7 Å². The van der Waals surface area contributed by atoms with Gasteiger partial charge in [0.2, 0.25) is 5.91 Å². The number of H-pyrrole nitrogens is 1. The third kappa shape index (κ3) is 4.05. The molecule has 31 heavy (non-hydrogen) atoms. The van der Waals surface area contributed by atoms with Gasteiger partial charge in [0.05, 0.1) is 15.2 Å². The number of nitrogens with zero attached hydrogens (tertiary/aromatic N) is 4. The van der Waals surface area contributed by atoms with Crippen LogP contribution in [0, 0.1) is 11.7 Å². The molecule has 0 atom stereocenters. The number of nitrogens with one attached hydrogen (secondary N) is 1. The molecule has 4 aromatic rings. The van der Waals surface area contributed by atoms with Crippen LogP contribution in [0.25, 0.3) is 21.6 Å². The van der Waals surface area contributed by atoms with E-state index >= 15 is 0 Å². The molecule has 1 aliphatic heterocycles. The highest BCUT2D eigenvalue weighted by atomic mass is 32.1. The van der Waals surface area contributed by atoms with Gasteiger partial charge in [-0.15, -0.1) is 11.3 Å². The fourth-order valence-electron chi connectivity index (χ4n) is 4.06. The number of hydrogen-bond donors (Lipinski definition) is 1. The van der Waals surface area contributed by atoms with Crippen LogP contribution in [-0.2, 0) is 11.3 Å². The van der Waals surface area contributed by atoms with Gasteiger partial charge < -0.3 is 4.90 Å². The molecule has 0 bridgehead atoms. The van der Waals surface area contributed by atoms with E-state index in [2.05, 4.69) is 28.4 Å². The highest BCUT2D eigenvalue weighted by Crippen LogP contribution is 2.34. The first-order chi connectivity index (χ1) is 15.1. The maximum Gasteiger partial charge on any atom is 0.242 e. The quantitative estimate of drug-likeness (QED) is 0.449. The summed E-state index contributed by atoms with van der Waals surface area (Å²) >= 11 is 7.17. The number of rotatable bonds is 4. The average molecular weight is 450 g/mol. The van der Waals surface area contributed by atoms with Crippen molar-refractivity contribution in [3.05, 3.63) is 63.9 Å². The molecular weight excluding hydrogens is 426 g/mol. The van der Waals surface area contributed by atoms with Gasteiger partial charge in [-0.3, -0.25) is 14.5 Å². The van der Waals surface area contributed by atoms with Crippen LogP contribution in [0.3, 0.4) is 0 Å². The maximum absolute atomic E-state index is 13.0. The number of piperidine rings is 1. The Kier molecular flexibility index (Phi) is 5.41. The number of likely N-dealkylation sites (tertiary alicyclic amines) is 1. The van der Waals surface area contributed by atoms with E-state index in [0.717, 1.165) is 37.0 Å². The topological polar surface area (TPSA) is 66.8 Å². The molecule has 0 radical (unpaired) electrons. The van der Waals surface area contributed by atoms with E-state index in [1.165, 1.54) is 15.3 Å². The van der Waals surface area contributed by atoms with Gasteiger partial charge in [0.15, 0.2) is 10.6 Å². The Morgan fingerprint density at radius 3 is 2.65 bits per heavy atom. The molecule has 5 rings (SSSR count). The molecule has 0 unspecified atom stereocenters. The van der Waals surface area contributed by atoms with Crippen LogP contribution in [-0.4, -0.2) is 43.6 Å². The number of aromatic amines is 1. The average Bonchev–Trinajstić information content (AvgIpc) is 3.38. The van der Waals surface area contributed by atoms with E-state index in [4.69, 9.17) is 17.2 Å². The Morgan fingerprint density at radius 1 is 1.16 bits per heavy atom. The second-order valence-corrected chi connectivity index (χ2v) is 9.43. The summed E-state index contributed by atoms with van der Waals surface area (Å²) in [5.41, 5.74) is 3.19. The summed E-state index contributed by atoms with van der Waals surface area (Å²) < 4.78 is 3.49.